The molecule has 2 aromatic rings. The van der Waals surface area contributed by atoms with Gasteiger partial charge in [0.15, 0.2) is 0 Å². The maximum Gasteiger partial charge on any atom is 0.123 e. The summed E-state index contributed by atoms with van der Waals surface area (Å²) in [5.74, 6) is 1.69. The number of ether oxygens (including phenoxy) is 1. The predicted octanol–water partition coefficient (Wildman–Crippen LogP) is 4.44. The summed E-state index contributed by atoms with van der Waals surface area (Å²) in [6.07, 6.45) is 2.15. The fraction of sp³-hybridized carbons (Fsp3) is 0.400. The lowest BCUT2D eigenvalue weighted by molar-refractivity contribution is 0.286. The van der Waals surface area contributed by atoms with E-state index >= 15 is 0 Å². The van der Waals surface area contributed by atoms with E-state index in [4.69, 9.17) is 4.74 Å². The molecule has 22 heavy (non-hydrogen) atoms. The highest BCUT2D eigenvalue weighted by Gasteiger charge is 2.03. The minimum absolute atomic E-state index is 0.677. The monoisotopic (exact) mass is 297 g/mol. The van der Waals surface area contributed by atoms with Crippen LogP contribution in [0.25, 0.3) is 0 Å². The highest BCUT2D eigenvalue weighted by atomic mass is 16.5. The van der Waals surface area contributed by atoms with Crippen molar-refractivity contribution >= 4 is 0 Å². The van der Waals surface area contributed by atoms with E-state index in [0.717, 1.165) is 38.3 Å². The van der Waals surface area contributed by atoms with E-state index < -0.39 is 0 Å². The largest absolute Gasteiger partial charge is 0.493 e. The van der Waals surface area contributed by atoms with Gasteiger partial charge in [0.2, 0.25) is 0 Å². The molecule has 0 aliphatic heterocycles. The minimum atomic E-state index is 0.677. The Balaban J connectivity index is 1.77. The van der Waals surface area contributed by atoms with Gasteiger partial charge in [-0.25, -0.2) is 0 Å². The van der Waals surface area contributed by atoms with E-state index in [2.05, 4.69) is 67.7 Å². The molecule has 1 N–H and O–H groups in total. The van der Waals surface area contributed by atoms with E-state index in [1.54, 1.807) is 0 Å². The van der Waals surface area contributed by atoms with Gasteiger partial charge in [-0.15, -0.1) is 0 Å². The van der Waals surface area contributed by atoms with Crippen LogP contribution in [0.15, 0.2) is 54.6 Å². The molecular formula is C20H27NO. The van der Waals surface area contributed by atoms with E-state index in [1.165, 1.54) is 11.1 Å². The number of hydrogen-bond acceptors (Lipinski definition) is 2. The van der Waals surface area contributed by atoms with Crippen LogP contribution in [0, 0.1) is 5.92 Å². The first-order chi connectivity index (χ1) is 10.8. The maximum absolute atomic E-state index is 5.92. The minimum Gasteiger partial charge on any atom is -0.493 e. The Kier molecular flexibility index (Phi) is 6.98. The van der Waals surface area contributed by atoms with Gasteiger partial charge in [-0.05, 0) is 36.9 Å². The normalized spacial score (nSPS) is 10.9. The molecule has 0 heterocycles. The molecule has 0 fully saturated rings. The summed E-state index contributed by atoms with van der Waals surface area (Å²) >= 11 is 0. The third-order valence-corrected chi connectivity index (χ3v) is 3.67. The number of nitrogens with one attached hydrogen (secondary N) is 1. The number of hydrogen-bond donors (Lipinski definition) is 1. The standard InChI is InChI=1S/C20H27NO/c1-17(2)13-15-22-20-11-7-6-10-19(20)16-21-14-12-18-8-4-3-5-9-18/h3-11,17,21H,12-16H2,1-2H3. The van der Waals surface area contributed by atoms with Crippen molar-refractivity contribution in [1.29, 1.82) is 0 Å². The van der Waals surface area contributed by atoms with Crippen molar-refractivity contribution in [3.8, 4) is 5.75 Å². The van der Waals surface area contributed by atoms with Crippen LogP contribution in [0.5, 0.6) is 5.75 Å². The van der Waals surface area contributed by atoms with E-state index in [1.807, 2.05) is 6.07 Å². The molecule has 0 atom stereocenters. The van der Waals surface area contributed by atoms with Gasteiger partial charge in [0.25, 0.3) is 0 Å². The Morgan fingerprint density at radius 1 is 0.955 bits per heavy atom. The Morgan fingerprint density at radius 3 is 2.45 bits per heavy atom. The molecule has 2 heteroatoms. The Hall–Kier alpha value is -1.80. The van der Waals surface area contributed by atoms with Crippen molar-refractivity contribution in [3.63, 3.8) is 0 Å². The summed E-state index contributed by atoms with van der Waals surface area (Å²) in [5, 5.41) is 3.51. The summed E-state index contributed by atoms with van der Waals surface area (Å²) in [6.45, 7) is 7.06. The Bertz CT molecular complexity index is 536. The fourth-order valence-corrected chi connectivity index (χ4v) is 2.30. The number of rotatable bonds is 9. The third-order valence-electron chi connectivity index (χ3n) is 3.67. The van der Waals surface area contributed by atoms with Crippen LogP contribution < -0.4 is 10.1 Å². The van der Waals surface area contributed by atoms with Crippen LogP contribution >= 0.6 is 0 Å². The number of benzene rings is 2. The van der Waals surface area contributed by atoms with Crippen LogP contribution in [0.1, 0.15) is 31.4 Å². The van der Waals surface area contributed by atoms with Crippen molar-refractivity contribution in [1.82, 2.24) is 5.32 Å². The molecule has 0 bridgehead atoms. The SMILES string of the molecule is CC(C)CCOc1ccccc1CNCCc1ccccc1. The first-order valence-corrected chi connectivity index (χ1v) is 8.21. The third kappa shape index (κ3) is 5.90. The highest BCUT2D eigenvalue weighted by Crippen LogP contribution is 2.18. The van der Waals surface area contributed by atoms with Gasteiger partial charge in [0, 0.05) is 12.1 Å². The summed E-state index contributed by atoms with van der Waals surface area (Å²) in [5.41, 5.74) is 2.61. The van der Waals surface area contributed by atoms with Crippen LogP contribution in [0.3, 0.4) is 0 Å². The average Bonchev–Trinajstić information content (AvgIpc) is 2.53. The average molecular weight is 297 g/mol. The molecule has 0 radical (unpaired) electrons. The molecule has 2 nitrogen and oxygen atoms in total. The van der Waals surface area contributed by atoms with Crippen molar-refractivity contribution in [2.45, 2.75) is 33.2 Å². The zero-order valence-corrected chi connectivity index (χ0v) is 13.7. The van der Waals surface area contributed by atoms with Crippen LogP contribution in [-0.2, 0) is 13.0 Å². The second-order valence-corrected chi connectivity index (χ2v) is 6.05. The molecule has 0 amide bonds. The maximum atomic E-state index is 5.92. The lowest BCUT2D eigenvalue weighted by atomic mass is 10.1. The Labute approximate surface area is 134 Å². The molecule has 0 saturated heterocycles. The first kappa shape index (κ1) is 16.6. The van der Waals surface area contributed by atoms with Crippen molar-refractivity contribution < 1.29 is 4.74 Å². The zero-order chi connectivity index (χ0) is 15.6. The molecule has 0 aromatic heterocycles. The zero-order valence-electron chi connectivity index (χ0n) is 13.7. The van der Waals surface area contributed by atoms with E-state index in [0.29, 0.717) is 5.92 Å². The lowest BCUT2D eigenvalue weighted by Gasteiger charge is -2.13. The summed E-state index contributed by atoms with van der Waals surface area (Å²) in [7, 11) is 0. The van der Waals surface area contributed by atoms with E-state index in [9.17, 15) is 0 Å². The predicted molar refractivity (Wildman–Crippen MR) is 93.2 cm³/mol. The van der Waals surface area contributed by atoms with Gasteiger partial charge < -0.3 is 10.1 Å². The summed E-state index contributed by atoms with van der Waals surface area (Å²) in [4.78, 5) is 0. The molecule has 2 rings (SSSR count). The van der Waals surface area contributed by atoms with Gasteiger partial charge in [-0.2, -0.15) is 0 Å². The topological polar surface area (TPSA) is 21.3 Å². The molecule has 0 aliphatic rings. The molecule has 0 aliphatic carbocycles. The first-order valence-electron chi connectivity index (χ1n) is 8.21. The van der Waals surface area contributed by atoms with E-state index in [-0.39, 0.29) is 0 Å². The quantitative estimate of drug-likeness (QED) is 0.691. The van der Waals surface area contributed by atoms with Crippen molar-refractivity contribution in [2.24, 2.45) is 5.92 Å². The molecule has 0 spiro atoms. The Morgan fingerprint density at radius 2 is 1.68 bits per heavy atom. The smallest absolute Gasteiger partial charge is 0.123 e. The van der Waals surface area contributed by atoms with Gasteiger partial charge in [0.1, 0.15) is 5.75 Å². The highest BCUT2D eigenvalue weighted by molar-refractivity contribution is 5.33. The fourth-order valence-electron chi connectivity index (χ4n) is 2.30. The second-order valence-electron chi connectivity index (χ2n) is 6.05. The number of para-hydroxylation sites is 1. The molecular weight excluding hydrogens is 270 g/mol. The van der Waals surface area contributed by atoms with Crippen LogP contribution in [0.2, 0.25) is 0 Å². The second kappa shape index (κ2) is 9.26. The van der Waals surface area contributed by atoms with Crippen LogP contribution in [-0.4, -0.2) is 13.2 Å². The molecule has 2 aromatic carbocycles. The lowest BCUT2D eigenvalue weighted by Crippen LogP contribution is -2.17. The van der Waals surface area contributed by atoms with Crippen molar-refractivity contribution in [3.05, 3.63) is 65.7 Å². The summed E-state index contributed by atoms with van der Waals surface area (Å²) in [6, 6.07) is 18.9. The summed E-state index contributed by atoms with van der Waals surface area (Å²) < 4.78 is 5.92. The van der Waals surface area contributed by atoms with Gasteiger partial charge >= 0.3 is 0 Å². The van der Waals surface area contributed by atoms with Gasteiger partial charge in [-0.3, -0.25) is 0 Å². The molecule has 118 valence electrons. The molecule has 0 unspecified atom stereocenters. The van der Waals surface area contributed by atoms with Crippen LogP contribution in [0.4, 0.5) is 0 Å². The molecule has 0 saturated carbocycles. The van der Waals surface area contributed by atoms with Gasteiger partial charge in [0.05, 0.1) is 6.61 Å². The van der Waals surface area contributed by atoms with Crippen molar-refractivity contribution in [2.75, 3.05) is 13.2 Å². The van der Waals surface area contributed by atoms with Gasteiger partial charge in [-0.1, -0.05) is 62.4 Å².